The number of rotatable bonds is 3. The second-order valence-corrected chi connectivity index (χ2v) is 10.9. The van der Waals surface area contributed by atoms with E-state index in [1.165, 1.54) is 49.5 Å². The van der Waals surface area contributed by atoms with Crippen LogP contribution in [0.4, 0.5) is 0 Å². The largest absolute Gasteiger partial charge is 0.285 e. The minimum absolute atomic E-state index is 0.595. The van der Waals surface area contributed by atoms with Gasteiger partial charge in [-0.25, -0.2) is 4.98 Å². The zero-order chi connectivity index (χ0) is 28.3. The van der Waals surface area contributed by atoms with Crippen LogP contribution in [0.3, 0.4) is 0 Å². The summed E-state index contributed by atoms with van der Waals surface area (Å²) in [6, 6.07) is 48.8. The summed E-state index contributed by atoms with van der Waals surface area (Å²) < 4.78 is 2.14. The van der Waals surface area contributed by atoms with Crippen molar-refractivity contribution in [1.29, 1.82) is 0 Å². The van der Waals surface area contributed by atoms with Crippen LogP contribution in [0.15, 0.2) is 146 Å². The van der Waals surface area contributed by atoms with E-state index in [0.29, 0.717) is 17.6 Å². The fourth-order valence-electron chi connectivity index (χ4n) is 6.43. The molecule has 0 aliphatic heterocycles. The third-order valence-corrected chi connectivity index (χ3v) is 8.42. The van der Waals surface area contributed by atoms with Crippen LogP contribution >= 0.6 is 0 Å². The number of nitrogens with zero attached hydrogens (tertiary/aromatic N) is 4. The van der Waals surface area contributed by atoms with Crippen molar-refractivity contribution in [2.45, 2.75) is 0 Å². The van der Waals surface area contributed by atoms with Gasteiger partial charge in [-0.2, -0.15) is 9.97 Å². The van der Waals surface area contributed by atoms with E-state index in [1.54, 1.807) is 0 Å². The first-order valence-corrected chi connectivity index (χ1v) is 14.5. The maximum absolute atomic E-state index is 5.06. The Hall–Kier alpha value is -5.87. The third kappa shape index (κ3) is 3.74. The predicted octanol–water partition coefficient (Wildman–Crippen LogP) is 9.62. The highest BCUT2D eigenvalue weighted by Crippen LogP contribution is 2.49. The van der Waals surface area contributed by atoms with E-state index in [4.69, 9.17) is 15.0 Å². The number of hydrogen-bond donors (Lipinski definition) is 0. The first-order chi connectivity index (χ1) is 21.3. The Bertz CT molecular complexity index is 2280. The summed E-state index contributed by atoms with van der Waals surface area (Å²) in [7, 11) is 0. The van der Waals surface area contributed by atoms with E-state index >= 15 is 0 Å². The number of benzene rings is 6. The molecule has 0 saturated carbocycles. The summed E-state index contributed by atoms with van der Waals surface area (Å²) in [5.41, 5.74) is 10.3. The Morgan fingerprint density at radius 1 is 0.395 bits per heavy atom. The Kier molecular flexibility index (Phi) is 5.16. The predicted molar refractivity (Wildman–Crippen MR) is 175 cm³/mol. The quantitative estimate of drug-likeness (QED) is 0.221. The molecule has 0 N–H and O–H groups in total. The minimum Gasteiger partial charge on any atom is -0.285 e. The SMILES string of the molecule is c1ccc(-c2nc(-c3ccccc3)nc(-n3cc4c5c(cccc53)-c3ccccc3-c3cc5ccccc5cc3-4)n2)cc1. The van der Waals surface area contributed by atoms with E-state index in [0.717, 1.165) is 16.6 Å². The molecule has 43 heavy (non-hydrogen) atoms. The molecule has 0 saturated heterocycles. The lowest BCUT2D eigenvalue weighted by Gasteiger charge is -2.13. The number of aromatic nitrogens is 4. The fourth-order valence-corrected chi connectivity index (χ4v) is 6.43. The van der Waals surface area contributed by atoms with Gasteiger partial charge >= 0.3 is 0 Å². The van der Waals surface area contributed by atoms with Gasteiger partial charge < -0.3 is 0 Å². The van der Waals surface area contributed by atoms with E-state index in [9.17, 15) is 0 Å². The molecule has 9 rings (SSSR count). The zero-order valence-corrected chi connectivity index (χ0v) is 23.1. The van der Waals surface area contributed by atoms with Gasteiger partial charge in [-0.1, -0.05) is 121 Å². The topological polar surface area (TPSA) is 43.6 Å². The van der Waals surface area contributed by atoms with Crippen molar-refractivity contribution in [2.75, 3.05) is 0 Å². The summed E-state index contributed by atoms with van der Waals surface area (Å²) in [6.07, 6.45) is 2.21. The molecule has 1 aliphatic rings. The molecule has 0 spiro atoms. The molecule has 1 aliphatic carbocycles. The molecule has 0 unspecified atom stereocenters. The monoisotopic (exact) mass is 548 g/mol. The molecule has 8 aromatic rings. The van der Waals surface area contributed by atoms with Crippen molar-refractivity contribution >= 4 is 21.7 Å². The van der Waals surface area contributed by atoms with Crippen LogP contribution in [0.25, 0.3) is 83.8 Å². The lowest BCUT2D eigenvalue weighted by Crippen LogP contribution is -2.05. The van der Waals surface area contributed by atoms with E-state index in [-0.39, 0.29) is 0 Å². The van der Waals surface area contributed by atoms with Gasteiger partial charge in [0.25, 0.3) is 0 Å². The Balaban J connectivity index is 1.37. The molecule has 0 amide bonds. The summed E-state index contributed by atoms with van der Waals surface area (Å²) in [4.78, 5) is 15.0. The van der Waals surface area contributed by atoms with Gasteiger partial charge in [-0.15, -0.1) is 0 Å². The van der Waals surface area contributed by atoms with Crippen molar-refractivity contribution in [3.05, 3.63) is 146 Å². The van der Waals surface area contributed by atoms with Crippen LogP contribution in [-0.2, 0) is 0 Å². The first-order valence-electron chi connectivity index (χ1n) is 14.5. The summed E-state index contributed by atoms with van der Waals surface area (Å²) in [5, 5.41) is 3.65. The van der Waals surface area contributed by atoms with Gasteiger partial charge in [-0.05, 0) is 56.8 Å². The van der Waals surface area contributed by atoms with Crippen molar-refractivity contribution in [3.63, 3.8) is 0 Å². The normalized spacial score (nSPS) is 11.7. The lowest BCUT2D eigenvalue weighted by molar-refractivity contribution is 0.934. The maximum Gasteiger partial charge on any atom is 0.238 e. The Labute approximate surface area is 248 Å². The molecule has 4 nitrogen and oxygen atoms in total. The smallest absolute Gasteiger partial charge is 0.238 e. The molecule has 2 aromatic heterocycles. The standard InChI is InChI=1S/C39H24N4/c1-3-12-25(13-4-1)37-40-38(26-14-5-2-6-15-26)42-39(41-37)43-24-34-33-23-28-17-8-7-16-27(28)22-32(33)30-19-10-9-18-29(30)31-20-11-21-35(43)36(31)34/h1-24H. The number of fused-ring (bicyclic) bond motifs is 6. The van der Waals surface area contributed by atoms with Gasteiger partial charge in [0.15, 0.2) is 11.6 Å². The van der Waals surface area contributed by atoms with Gasteiger partial charge in [0.2, 0.25) is 5.95 Å². The van der Waals surface area contributed by atoms with E-state index in [2.05, 4.69) is 89.6 Å². The average Bonchev–Trinajstić information content (AvgIpc) is 3.43. The fraction of sp³-hybridized carbons (Fsp3) is 0. The number of hydrogen-bond acceptors (Lipinski definition) is 3. The molecule has 4 heteroatoms. The van der Waals surface area contributed by atoms with Crippen LogP contribution in [-0.4, -0.2) is 19.5 Å². The molecule has 0 radical (unpaired) electrons. The zero-order valence-electron chi connectivity index (χ0n) is 23.1. The first kappa shape index (κ1) is 23.8. The van der Waals surface area contributed by atoms with Crippen molar-refractivity contribution < 1.29 is 0 Å². The summed E-state index contributed by atoms with van der Waals surface area (Å²) in [5.74, 6) is 1.89. The molecular formula is C39H24N4. The second kappa shape index (κ2) is 9.33. The second-order valence-electron chi connectivity index (χ2n) is 10.9. The maximum atomic E-state index is 5.06. The van der Waals surface area contributed by atoms with Crippen LogP contribution in [0.5, 0.6) is 0 Å². The van der Waals surface area contributed by atoms with Crippen LogP contribution in [0.1, 0.15) is 0 Å². The summed E-state index contributed by atoms with van der Waals surface area (Å²) in [6.45, 7) is 0. The Morgan fingerprint density at radius 2 is 0.907 bits per heavy atom. The van der Waals surface area contributed by atoms with E-state index < -0.39 is 0 Å². The van der Waals surface area contributed by atoms with Gasteiger partial charge in [0.05, 0.1) is 5.52 Å². The minimum atomic E-state index is 0.595. The lowest BCUT2D eigenvalue weighted by atomic mass is 9.92. The Morgan fingerprint density at radius 3 is 1.53 bits per heavy atom. The molecule has 6 aromatic carbocycles. The van der Waals surface area contributed by atoms with Crippen molar-refractivity contribution in [1.82, 2.24) is 19.5 Å². The van der Waals surface area contributed by atoms with Crippen LogP contribution in [0.2, 0.25) is 0 Å². The molecular weight excluding hydrogens is 524 g/mol. The van der Waals surface area contributed by atoms with Crippen LogP contribution < -0.4 is 0 Å². The highest BCUT2D eigenvalue weighted by atomic mass is 15.2. The van der Waals surface area contributed by atoms with Gasteiger partial charge in [-0.3, -0.25) is 4.57 Å². The van der Waals surface area contributed by atoms with Gasteiger partial charge in [0.1, 0.15) is 0 Å². The van der Waals surface area contributed by atoms with E-state index in [1.807, 2.05) is 60.7 Å². The van der Waals surface area contributed by atoms with Crippen molar-refractivity contribution in [2.24, 2.45) is 0 Å². The van der Waals surface area contributed by atoms with Crippen molar-refractivity contribution in [3.8, 4) is 62.1 Å². The molecule has 0 fully saturated rings. The molecule has 0 atom stereocenters. The molecule has 2 heterocycles. The average molecular weight is 549 g/mol. The van der Waals surface area contributed by atoms with Crippen LogP contribution in [0, 0.1) is 0 Å². The molecule has 0 bridgehead atoms. The van der Waals surface area contributed by atoms with Gasteiger partial charge in [0, 0.05) is 28.3 Å². The third-order valence-electron chi connectivity index (χ3n) is 8.42. The highest BCUT2D eigenvalue weighted by molar-refractivity contribution is 6.15. The molecule has 200 valence electrons. The highest BCUT2D eigenvalue weighted by Gasteiger charge is 2.25. The summed E-state index contributed by atoms with van der Waals surface area (Å²) >= 11 is 0.